The van der Waals surface area contributed by atoms with Gasteiger partial charge in [0.15, 0.2) is 0 Å². The molecule has 0 aromatic rings. The molecule has 2 aliphatic rings. The summed E-state index contributed by atoms with van der Waals surface area (Å²) in [4.78, 5) is 27.8. The van der Waals surface area contributed by atoms with Crippen LogP contribution in [0.5, 0.6) is 0 Å². The van der Waals surface area contributed by atoms with Gasteiger partial charge in [-0.3, -0.25) is 4.79 Å². The number of hydrogen-bond acceptors (Lipinski definition) is 2. The first-order valence-corrected chi connectivity index (χ1v) is 8.80. The van der Waals surface area contributed by atoms with Crippen molar-refractivity contribution in [3.05, 3.63) is 0 Å². The predicted molar refractivity (Wildman–Crippen MR) is 87.6 cm³/mol. The van der Waals surface area contributed by atoms with Crippen LogP contribution in [0, 0.1) is 11.8 Å². The highest BCUT2D eigenvalue weighted by molar-refractivity contribution is 5.75. The van der Waals surface area contributed by atoms with Crippen LogP contribution in [0.3, 0.4) is 0 Å². The number of amides is 3. The van der Waals surface area contributed by atoms with E-state index >= 15 is 0 Å². The van der Waals surface area contributed by atoms with Gasteiger partial charge in [0.2, 0.25) is 5.91 Å². The fourth-order valence-electron chi connectivity index (χ4n) is 3.82. The molecular weight excluding hydrogens is 278 g/mol. The monoisotopic (exact) mass is 309 g/mol. The van der Waals surface area contributed by atoms with Crippen LogP contribution >= 0.6 is 0 Å². The van der Waals surface area contributed by atoms with Crippen LogP contribution in [0.15, 0.2) is 0 Å². The van der Waals surface area contributed by atoms with E-state index in [4.69, 9.17) is 0 Å². The molecule has 0 aromatic carbocycles. The minimum Gasteiger partial charge on any atom is -0.341 e. The maximum absolute atomic E-state index is 12.6. The molecule has 0 radical (unpaired) electrons. The van der Waals surface area contributed by atoms with Gasteiger partial charge < -0.3 is 15.1 Å². The van der Waals surface area contributed by atoms with E-state index < -0.39 is 0 Å². The molecule has 0 spiro atoms. The van der Waals surface area contributed by atoms with Crippen molar-refractivity contribution in [1.82, 2.24) is 15.1 Å². The SMILES string of the molecule is CC(=O)N1CCCN(C(=O)N[C@H]2CCCC[C@@H]2C(C)C)CC1. The lowest BCUT2D eigenvalue weighted by molar-refractivity contribution is -0.128. The Morgan fingerprint density at radius 3 is 2.27 bits per heavy atom. The molecule has 2 atom stereocenters. The molecule has 2 rings (SSSR count). The number of nitrogens with zero attached hydrogens (tertiary/aromatic N) is 2. The van der Waals surface area contributed by atoms with E-state index in [0.29, 0.717) is 31.0 Å². The second-order valence-electron chi connectivity index (χ2n) is 7.09. The number of nitrogens with one attached hydrogen (secondary N) is 1. The molecule has 0 unspecified atom stereocenters. The Kier molecular flexibility index (Phi) is 6.09. The quantitative estimate of drug-likeness (QED) is 0.852. The van der Waals surface area contributed by atoms with Crippen molar-refractivity contribution < 1.29 is 9.59 Å². The fourth-order valence-corrected chi connectivity index (χ4v) is 3.82. The maximum Gasteiger partial charge on any atom is 0.317 e. The standard InChI is InChI=1S/C17H31N3O2/c1-13(2)15-7-4-5-8-16(15)18-17(22)20-10-6-9-19(11-12-20)14(3)21/h13,15-16H,4-12H2,1-3H3,(H,18,22)/t15-,16+/m1/s1. The molecule has 5 nitrogen and oxygen atoms in total. The Hall–Kier alpha value is -1.26. The molecule has 126 valence electrons. The number of carbonyl (C=O) groups is 2. The van der Waals surface area contributed by atoms with Crippen molar-refractivity contribution in [3.63, 3.8) is 0 Å². The number of urea groups is 1. The molecule has 0 bridgehead atoms. The minimum absolute atomic E-state index is 0.0583. The molecule has 1 heterocycles. The van der Waals surface area contributed by atoms with E-state index in [1.807, 2.05) is 9.80 Å². The Morgan fingerprint density at radius 1 is 0.955 bits per heavy atom. The van der Waals surface area contributed by atoms with Gasteiger partial charge in [-0.05, 0) is 31.1 Å². The van der Waals surface area contributed by atoms with Crippen molar-refractivity contribution in [2.75, 3.05) is 26.2 Å². The van der Waals surface area contributed by atoms with Gasteiger partial charge in [-0.25, -0.2) is 4.79 Å². The zero-order valence-electron chi connectivity index (χ0n) is 14.3. The Balaban J connectivity index is 1.89. The van der Waals surface area contributed by atoms with Crippen LogP contribution in [0.1, 0.15) is 52.9 Å². The average Bonchev–Trinajstić information content (AvgIpc) is 2.73. The first-order valence-electron chi connectivity index (χ1n) is 8.80. The van der Waals surface area contributed by atoms with Gasteiger partial charge >= 0.3 is 6.03 Å². The van der Waals surface area contributed by atoms with Crippen molar-refractivity contribution in [1.29, 1.82) is 0 Å². The third-order valence-electron chi connectivity index (χ3n) is 5.21. The smallest absolute Gasteiger partial charge is 0.317 e. The fraction of sp³-hybridized carbons (Fsp3) is 0.882. The topological polar surface area (TPSA) is 52.7 Å². The van der Waals surface area contributed by atoms with E-state index in [2.05, 4.69) is 19.2 Å². The van der Waals surface area contributed by atoms with E-state index in [9.17, 15) is 9.59 Å². The molecule has 1 saturated carbocycles. The minimum atomic E-state index is 0.0583. The third-order valence-corrected chi connectivity index (χ3v) is 5.21. The molecule has 2 fully saturated rings. The van der Waals surface area contributed by atoms with E-state index in [1.54, 1.807) is 6.92 Å². The third kappa shape index (κ3) is 4.37. The highest BCUT2D eigenvalue weighted by Gasteiger charge is 2.30. The van der Waals surface area contributed by atoms with Crippen LogP contribution in [0.25, 0.3) is 0 Å². The van der Waals surface area contributed by atoms with Gasteiger partial charge in [0.25, 0.3) is 0 Å². The molecular formula is C17H31N3O2. The Morgan fingerprint density at radius 2 is 1.59 bits per heavy atom. The predicted octanol–water partition coefficient (Wildman–Crippen LogP) is 2.46. The molecule has 1 N–H and O–H groups in total. The van der Waals surface area contributed by atoms with Crippen LogP contribution in [0.2, 0.25) is 0 Å². The lowest BCUT2D eigenvalue weighted by Gasteiger charge is -2.36. The molecule has 5 heteroatoms. The molecule has 3 amide bonds. The van der Waals surface area contributed by atoms with Gasteiger partial charge in [-0.15, -0.1) is 0 Å². The Labute approximate surface area is 134 Å². The van der Waals surface area contributed by atoms with Gasteiger partial charge in [0, 0.05) is 39.1 Å². The summed E-state index contributed by atoms with van der Waals surface area (Å²) < 4.78 is 0. The zero-order chi connectivity index (χ0) is 16.1. The second-order valence-corrected chi connectivity index (χ2v) is 7.09. The van der Waals surface area contributed by atoms with Crippen molar-refractivity contribution in [2.24, 2.45) is 11.8 Å². The van der Waals surface area contributed by atoms with Crippen LogP contribution in [-0.4, -0.2) is 54.0 Å². The van der Waals surface area contributed by atoms with Gasteiger partial charge in [-0.1, -0.05) is 26.7 Å². The number of hydrogen-bond donors (Lipinski definition) is 1. The number of rotatable bonds is 2. The summed E-state index contributed by atoms with van der Waals surface area (Å²) in [5, 5.41) is 3.28. The normalized spacial score (nSPS) is 26.7. The highest BCUT2D eigenvalue weighted by atomic mass is 16.2. The summed E-state index contributed by atoms with van der Waals surface area (Å²) in [6, 6.07) is 0.372. The summed E-state index contributed by atoms with van der Waals surface area (Å²) in [5.41, 5.74) is 0. The molecule has 1 saturated heterocycles. The van der Waals surface area contributed by atoms with Crippen molar-refractivity contribution >= 4 is 11.9 Å². The summed E-state index contributed by atoms with van der Waals surface area (Å²) in [7, 11) is 0. The summed E-state index contributed by atoms with van der Waals surface area (Å²) in [6.07, 6.45) is 5.69. The lowest BCUT2D eigenvalue weighted by Crippen LogP contribution is -2.50. The summed E-state index contributed by atoms with van der Waals surface area (Å²) in [5.74, 6) is 1.32. The average molecular weight is 309 g/mol. The first-order chi connectivity index (χ1) is 10.5. The van der Waals surface area contributed by atoms with Gasteiger partial charge in [0.05, 0.1) is 0 Å². The molecule has 22 heavy (non-hydrogen) atoms. The van der Waals surface area contributed by atoms with E-state index in [1.165, 1.54) is 19.3 Å². The summed E-state index contributed by atoms with van der Waals surface area (Å²) >= 11 is 0. The van der Waals surface area contributed by atoms with Gasteiger partial charge in [0.1, 0.15) is 0 Å². The van der Waals surface area contributed by atoms with E-state index in [-0.39, 0.29) is 11.9 Å². The van der Waals surface area contributed by atoms with Crippen molar-refractivity contribution in [3.8, 4) is 0 Å². The summed E-state index contributed by atoms with van der Waals surface area (Å²) in [6.45, 7) is 8.92. The molecule has 0 aromatic heterocycles. The first kappa shape index (κ1) is 17.1. The van der Waals surface area contributed by atoms with Crippen LogP contribution in [0.4, 0.5) is 4.79 Å². The van der Waals surface area contributed by atoms with E-state index in [0.717, 1.165) is 25.9 Å². The maximum atomic E-state index is 12.6. The van der Waals surface area contributed by atoms with Crippen LogP contribution in [-0.2, 0) is 4.79 Å². The highest BCUT2D eigenvalue weighted by Crippen LogP contribution is 2.30. The van der Waals surface area contributed by atoms with Crippen LogP contribution < -0.4 is 5.32 Å². The largest absolute Gasteiger partial charge is 0.341 e. The number of carbonyl (C=O) groups excluding carboxylic acids is 2. The zero-order valence-corrected chi connectivity index (χ0v) is 14.3. The van der Waals surface area contributed by atoms with Crippen molar-refractivity contribution in [2.45, 2.75) is 58.9 Å². The van der Waals surface area contributed by atoms with Gasteiger partial charge in [-0.2, -0.15) is 0 Å². The molecule has 1 aliphatic carbocycles. The lowest BCUT2D eigenvalue weighted by atomic mass is 9.78. The second kappa shape index (κ2) is 7.84. The Bertz CT molecular complexity index is 397. The molecule has 1 aliphatic heterocycles.